The van der Waals surface area contributed by atoms with E-state index in [9.17, 15) is 0 Å². The lowest BCUT2D eigenvalue weighted by molar-refractivity contribution is 1.05. The first-order valence-corrected chi connectivity index (χ1v) is 5.44. The van der Waals surface area contributed by atoms with E-state index >= 15 is 0 Å². The van der Waals surface area contributed by atoms with Crippen LogP contribution in [-0.2, 0) is 6.54 Å². The van der Waals surface area contributed by atoms with Crippen LogP contribution in [0.3, 0.4) is 0 Å². The lowest BCUT2D eigenvalue weighted by Crippen LogP contribution is -2.01. The van der Waals surface area contributed by atoms with Gasteiger partial charge >= 0.3 is 0 Å². The van der Waals surface area contributed by atoms with Gasteiger partial charge in [-0.05, 0) is 37.1 Å². The van der Waals surface area contributed by atoms with Crippen molar-refractivity contribution in [1.82, 2.24) is 4.98 Å². The molecule has 0 aliphatic rings. The van der Waals surface area contributed by atoms with Crippen LogP contribution in [0, 0.1) is 13.8 Å². The van der Waals surface area contributed by atoms with E-state index in [1.165, 1.54) is 16.7 Å². The zero-order valence-corrected chi connectivity index (χ0v) is 9.70. The Balaban J connectivity index is 2.62. The molecule has 2 heteroatoms. The molecule has 0 saturated carbocycles. The van der Waals surface area contributed by atoms with Gasteiger partial charge in [-0.2, -0.15) is 0 Å². The van der Waals surface area contributed by atoms with Gasteiger partial charge in [0, 0.05) is 18.3 Å². The molecule has 2 N–H and O–H groups in total. The molecule has 2 nitrogen and oxygen atoms in total. The van der Waals surface area contributed by atoms with Gasteiger partial charge in [0.2, 0.25) is 0 Å². The Labute approximate surface area is 96.1 Å². The van der Waals surface area contributed by atoms with Crippen LogP contribution in [0.25, 0.3) is 11.3 Å². The molecule has 0 amide bonds. The summed E-state index contributed by atoms with van der Waals surface area (Å²) in [6, 6.07) is 10.4. The first-order chi connectivity index (χ1) is 7.72. The van der Waals surface area contributed by atoms with Crippen molar-refractivity contribution in [2.75, 3.05) is 0 Å². The number of pyridine rings is 1. The molecule has 0 atom stereocenters. The average Bonchev–Trinajstić information content (AvgIpc) is 2.32. The van der Waals surface area contributed by atoms with E-state index in [-0.39, 0.29) is 0 Å². The van der Waals surface area contributed by atoms with Crippen molar-refractivity contribution in [3.63, 3.8) is 0 Å². The Morgan fingerprint density at radius 2 is 2.00 bits per heavy atom. The minimum atomic E-state index is 0.524. The van der Waals surface area contributed by atoms with Gasteiger partial charge in [-0.1, -0.05) is 23.8 Å². The first-order valence-electron chi connectivity index (χ1n) is 5.44. The number of benzene rings is 1. The molecule has 1 aromatic heterocycles. The summed E-state index contributed by atoms with van der Waals surface area (Å²) in [4.78, 5) is 4.44. The van der Waals surface area contributed by atoms with E-state index in [0.717, 1.165) is 11.3 Å². The predicted molar refractivity (Wildman–Crippen MR) is 67.0 cm³/mol. The molecule has 1 aromatic carbocycles. The molecule has 16 heavy (non-hydrogen) atoms. The van der Waals surface area contributed by atoms with E-state index in [2.05, 4.69) is 37.0 Å². The molecule has 0 saturated heterocycles. The summed E-state index contributed by atoms with van der Waals surface area (Å²) < 4.78 is 0. The largest absolute Gasteiger partial charge is 0.326 e. The summed E-state index contributed by atoms with van der Waals surface area (Å²) in [7, 11) is 0. The Kier molecular flexibility index (Phi) is 3.02. The van der Waals surface area contributed by atoms with Gasteiger partial charge in [0.25, 0.3) is 0 Å². The highest BCUT2D eigenvalue weighted by Gasteiger charge is 2.07. The predicted octanol–water partition coefficient (Wildman–Crippen LogP) is 2.82. The minimum Gasteiger partial charge on any atom is -0.326 e. The second kappa shape index (κ2) is 4.45. The first kappa shape index (κ1) is 10.8. The topological polar surface area (TPSA) is 38.9 Å². The molecule has 0 bridgehead atoms. The van der Waals surface area contributed by atoms with Crippen LogP contribution >= 0.6 is 0 Å². The summed E-state index contributed by atoms with van der Waals surface area (Å²) in [5.41, 5.74) is 11.5. The summed E-state index contributed by atoms with van der Waals surface area (Å²) >= 11 is 0. The van der Waals surface area contributed by atoms with E-state index in [4.69, 9.17) is 5.73 Å². The van der Waals surface area contributed by atoms with Crippen molar-refractivity contribution < 1.29 is 0 Å². The Hall–Kier alpha value is -1.67. The lowest BCUT2D eigenvalue weighted by atomic mass is 9.99. The average molecular weight is 212 g/mol. The highest BCUT2D eigenvalue weighted by Crippen LogP contribution is 2.25. The van der Waals surface area contributed by atoms with Gasteiger partial charge < -0.3 is 5.73 Å². The van der Waals surface area contributed by atoms with Gasteiger partial charge in [-0.25, -0.2) is 0 Å². The molecular formula is C14H16N2. The van der Waals surface area contributed by atoms with Gasteiger partial charge in [-0.3, -0.25) is 4.98 Å². The number of aryl methyl sites for hydroxylation is 2. The summed E-state index contributed by atoms with van der Waals surface area (Å²) in [6.45, 7) is 4.72. The maximum atomic E-state index is 5.74. The van der Waals surface area contributed by atoms with Crippen molar-refractivity contribution in [2.24, 2.45) is 5.73 Å². The summed E-state index contributed by atoms with van der Waals surface area (Å²) in [5.74, 6) is 0. The SMILES string of the molecule is Cc1ccc(C)c(-c2ncccc2CN)c1. The second-order valence-corrected chi connectivity index (χ2v) is 4.03. The molecule has 0 aliphatic heterocycles. The van der Waals surface area contributed by atoms with Crippen LogP contribution in [-0.4, -0.2) is 4.98 Å². The number of aromatic nitrogens is 1. The van der Waals surface area contributed by atoms with Crippen LogP contribution < -0.4 is 5.73 Å². The molecule has 0 unspecified atom stereocenters. The van der Waals surface area contributed by atoms with Crippen molar-refractivity contribution in [3.8, 4) is 11.3 Å². The van der Waals surface area contributed by atoms with Crippen LogP contribution in [0.4, 0.5) is 0 Å². The van der Waals surface area contributed by atoms with Gasteiger partial charge in [0.1, 0.15) is 0 Å². The molecule has 2 rings (SSSR count). The molecule has 0 fully saturated rings. The molecule has 82 valence electrons. The Bertz CT molecular complexity index is 504. The number of hydrogen-bond donors (Lipinski definition) is 1. The molecule has 2 aromatic rings. The third-order valence-corrected chi connectivity index (χ3v) is 2.76. The fourth-order valence-electron chi connectivity index (χ4n) is 1.84. The number of hydrogen-bond acceptors (Lipinski definition) is 2. The maximum absolute atomic E-state index is 5.74. The lowest BCUT2D eigenvalue weighted by Gasteiger charge is -2.10. The maximum Gasteiger partial charge on any atom is 0.0749 e. The zero-order chi connectivity index (χ0) is 11.5. The van der Waals surface area contributed by atoms with Gasteiger partial charge in [-0.15, -0.1) is 0 Å². The molecule has 1 heterocycles. The molecular weight excluding hydrogens is 196 g/mol. The zero-order valence-electron chi connectivity index (χ0n) is 9.70. The third kappa shape index (κ3) is 1.97. The quantitative estimate of drug-likeness (QED) is 0.831. The molecule has 0 radical (unpaired) electrons. The summed E-state index contributed by atoms with van der Waals surface area (Å²) in [5, 5.41) is 0. The van der Waals surface area contributed by atoms with Gasteiger partial charge in [0.15, 0.2) is 0 Å². The van der Waals surface area contributed by atoms with Crippen molar-refractivity contribution in [2.45, 2.75) is 20.4 Å². The number of rotatable bonds is 2. The van der Waals surface area contributed by atoms with Gasteiger partial charge in [0.05, 0.1) is 5.69 Å². The molecule has 0 aliphatic carbocycles. The van der Waals surface area contributed by atoms with Crippen molar-refractivity contribution >= 4 is 0 Å². The minimum absolute atomic E-state index is 0.524. The van der Waals surface area contributed by atoms with Crippen molar-refractivity contribution in [3.05, 3.63) is 53.2 Å². The van der Waals surface area contributed by atoms with E-state index < -0.39 is 0 Å². The van der Waals surface area contributed by atoms with Crippen LogP contribution in [0.15, 0.2) is 36.5 Å². The monoisotopic (exact) mass is 212 g/mol. The Morgan fingerprint density at radius 3 is 2.75 bits per heavy atom. The van der Waals surface area contributed by atoms with Crippen molar-refractivity contribution in [1.29, 1.82) is 0 Å². The van der Waals surface area contributed by atoms with E-state index in [0.29, 0.717) is 6.54 Å². The van der Waals surface area contributed by atoms with E-state index in [1.54, 1.807) is 0 Å². The smallest absolute Gasteiger partial charge is 0.0749 e. The number of nitrogens with two attached hydrogens (primary N) is 1. The van der Waals surface area contributed by atoms with E-state index in [1.807, 2.05) is 18.3 Å². The highest BCUT2D eigenvalue weighted by atomic mass is 14.7. The third-order valence-electron chi connectivity index (χ3n) is 2.76. The van der Waals surface area contributed by atoms with Crippen LogP contribution in [0.2, 0.25) is 0 Å². The van der Waals surface area contributed by atoms with Crippen LogP contribution in [0.1, 0.15) is 16.7 Å². The molecule has 0 spiro atoms. The number of nitrogens with zero attached hydrogens (tertiary/aromatic N) is 1. The fourth-order valence-corrected chi connectivity index (χ4v) is 1.84. The van der Waals surface area contributed by atoms with Crippen LogP contribution in [0.5, 0.6) is 0 Å². The summed E-state index contributed by atoms with van der Waals surface area (Å²) in [6.07, 6.45) is 1.82. The highest BCUT2D eigenvalue weighted by molar-refractivity contribution is 5.67. The second-order valence-electron chi connectivity index (χ2n) is 4.03. The standard InChI is InChI=1S/C14H16N2/c1-10-5-6-11(2)13(8-10)14-12(9-15)4-3-7-16-14/h3-8H,9,15H2,1-2H3. The fraction of sp³-hybridized carbons (Fsp3) is 0.214. The normalized spacial score (nSPS) is 10.4. The Morgan fingerprint density at radius 1 is 1.19 bits per heavy atom.